The zero-order chi connectivity index (χ0) is 22.2. The molecule has 5 aromatic rings. The number of aromatic nitrogens is 7. The Labute approximate surface area is 188 Å². The van der Waals surface area contributed by atoms with Crippen LogP contribution in [0, 0.1) is 5.92 Å². The van der Waals surface area contributed by atoms with E-state index in [1.165, 1.54) is 4.63 Å². The summed E-state index contributed by atoms with van der Waals surface area (Å²) in [5.74, 6) is 1.62. The molecule has 0 saturated carbocycles. The first-order valence-electron chi connectivity index (χ1n) is 10.9. The van der Waals surface area contributed by atoms with Crippen molar-refractivity contribution in [2.45, 2.75) is 12.8 Å². The molecule has 0 radical (unpaired) electrons. The first-order chi connectivity index (χ1) is 16.2. The Bertz CT molecular complexity index is 1430. The van der Waals surface area contributed by atoms with E-state index in [9.17, 15) is 4.79 Å². The summed E-state index contributed by atoms with van der Waals surface area (Å²) < 4.78 is 1.42. The van der Waals surface area contributed by atoms with Gasteiger partial charge in [-0.1, -0.05) is 30.3 Å². The molecular weight excluding hydrogens is 418 g/mol. The summed E-state index contributed by atoms with van der Waals surface area (Å²) in [6.07, 6.45) is 1.51. The monoisotopic (exact) mass is 439 g/mol. The largest absolute Gasteiger partial charge is 0.355 e. The highest BCUT2D eigenvalue weighted by atomic mass is 16.1. The lowest BCUT2D eigenvalue weighted by Crippen LogP contribution is -2.38. The highest BCUT2D eigenvalue weighted by Gasteiger charge is 2.26. The fourth-order valence-electron chi connectivity index (χ4n) is 4.24. The van der Waals surface area contributed by atoms with Gasteiger partial charge in [0, 0.05) is 30.3 Å². The summed E-state index contributed by atoms with van der Waals surface area (Å²) in [4.78, 5) is 23.1. The zero-order valence-corrected chi connectivity index (χ0v) is 17.7. The lowest BCUT2D eigenvalue weighted by Gasteiger charge is -2.31. The molecule has 2 N–H and O–H groups in total. The van der Waals surface area contributed by atoms with E-state index in [0.29, 0.717) is 5.65 Å². The van der Waals surface area contributed by atoms with E-state index in [2.05, 4.69) is 40.8 Å². The van der Waals surface area contributed by atoms with Crippen LogP contribution in [0.4, 0.5) is 11.5 Å². The van der Waals surface area contributed by atoms with Gasteiger partial charge in [-0.2, -0.15) is 0 Å². The number of fused-ring (bicyclic) bond motifs is 2. The third-order valence-corrected chi connectivity index (χ3v) is 6.04. The predicted molar refractivity (Wildman–Crippen MR) is 124 cm³/mol. The molecule has 1 aliphatic heterocycles. The third-order valence-electron chi connectivity index (χ3n) is 6.04. The molecule has 3 aromatic heterocycles. The highest BCUT2D eigenvalue weighted by molar-refractivity contribution is 5.95. The molecule has 4 heterocycles. The minimum atomic E-state index is -0.0460. The summed E-state index contributed by atoms with van der Waals surface area (Å²) in [5.41, 5.74) is 4.17. The van der Waals surface area contributed by atoms with Crippen molar-refractivity contribution >= 4 is 34.1 Å². The summed E-state index contributed by atoms with van der Waals surface area (Å²) in [6, 6.07) is 19.5. The van der Waals surface area contributed by atoms with Crippen LogP contribution in [0.1, 0.15) is 12.8 Å². The Morgan fingerprint density at radius 2 is 1.88 bits per heavy atom. The van der Waals surface area contributed by atoms with Crippen LogP contribution >= 0.6 is 0 Å². The second-order valence-corrected chi connectivity index (χ2v) is 8.15. The lowest BCUT2D eigenvalue weighted by atomic mass is 9.96. The number of nitrogens with zero attached hydrogens (tertiary/aromatic N) is 7. The molecule has 0 spiro atoms. The van der Waals surface area contributed by atoms with Gasteiger partial charge in [-0.3, -0.25) is 4.79 Å². The van der Waals surface area contributed by atoms with Crippen LogP contribution in [-0.4, -0.2) is 54.2 Å². The summed E-state index contributed by atoms with van der Waals surface area (Å²) in [5, 5.41) is 18.9. The van der Waals surface area contributed by atoms with Crippen LogP contribution < -0.4 is 10.2 Å². The molecule has 1 aliphatic rings. The Balaban J connectivity index is 1.11. The van der Waals surface area contributed by atoms with Crippen molar-refractivity contribution in [2.24, 2.45) is 5.92 Å². The number of rotatable bonds is 4. The number of nitrogens with one attached hydrogen (secondary N) is 2. The summed E-state index contributed by atoms with van der Waals surface area (Å²) >= 11 is 0. The number of hydrogen-bond acceptors (Lipinski definition) is 7. The van der Waals surface area contributed by atoms with Crippen LogP contribution in [0.3, 0.4) is 0 Å². The second-order valence-electron chi connectivity index (χ2n) is 8.15. The fourth-order valence-corrected chi connectivity index (χ4v) is 4.24. The number of amides is 1. The van der Waals surface area contributed by atoms with Gasteiger partial charge in [0.1, 0.15) is 5.82 Å². The zero-order valence-electron chi connectivity index (χ0n) is 17.7. The average molecular weight is 439 g/mol. The number of aromatic amines is 1. The van der Waals surface area contributed by atoms with Gasteiger partial charge in [-0.15, -0.1) is 14.8 Å². The second kappa shape index (κ2) is 7.97. The van der Waals surface area contributed by atoms with Crippen LogP contribution in [-0.2, 0) is 4.79 Å². The lowest BCUT2D eigenvalue weighted by molar-refractivity contribution is -0.120. The Kier molecular flexibility index (Phi) is 4.68. The standard InChI is InChI=1S/C23H21N9O/c33-23(16-10-12-31(13-11-16)21-9-8-20-27-29-30-32(20)28-21)24-17-6-7-18-19(14-17)26-22(25-18)15-4-2-1-3-5-15/h1-9,14,16H,10-13H2,(H,24,33)(H,25,26). The number of carbonyl (C=O) groups excluding carboxylic acids is 1. The first-order valence-corrected chi connectivity index (χ1v) is 10.9. The minimum absolute atomic E-state index is 0.0423. The number of hydrogen-bond donors (Lipinski definition) is 2. The van der Waals surface area contributed by atoms with E-state index in [0.717, 1.165) is 59.9 Å². The maximum absolute atomic E-state index is 12.9. The van der Waals surface area contributed by atoms with E-state index in [1.807, 2.05) is 60.7 Å². The minimum Gasteiger partial charge on any atom is -0.355 e. The molecule has 10 heteroatoms. The number of H-pyrrole nitrogens is 1. The molecule has 10 nitrogen and oxygen atoms in total. The maximum atomic E-state index is 12.9. The molecule has 0 aliphatic carbocycles. The molecule has 1 saturated heterocycles. The van der Waals surface area contributed by atoms with Crippen molar-refractivity contribution in [3.63, 3.8) is 0 Å². The van der Waals surface area contributed by atoms with Crippen molar-refractivity contribution in [2.75, 3.05) is 23.3 Å². The molecule has 1 fully saturated rings. The SMILES string of the molecule is O=C(Nc1ccc2nc(-c3ccccc3)[nH]c2c1)C1CCN(c2ccc3nnnn3n2)CC1. The van der Waals surface area contributed by atoms with Gasteiger partial charge in [0.25, 0.3) is 0 Å². The molecule has 2 aromatic carbocycles. The number of piperidine rings is 1. The van der Waals surface area contributed by atoms with E-state index in [1.54, 1.807) is 0 Å². The van der Waals surface area contributed by atoms with Gasteiger partial charge in [-0.05, 0) is 53.6 Å². The van der Waals surface area contributed by atoms with Crippen molar-refractivity contribution in [3.8, 4) is 11.4 Å². The molecule has 6 rings (SSSR count). The van der Waals surface area contributed by atoms with Gasteiger partial charge in [0.15, 0.2) is 11.5 Å². The number of tetrazole rings is 1. The predicted octanol–water partition coefficient (Wildman–Crippen LogP) is 2.92. The van der Waals surface area contributed by atoms with Crippen molar-refractivity contribution in [1.29, 1.82) is 0 Å². The van der Waals surface area contributed by atoms with Crippen LogP contribution in [0.5, 0.6) is 0 Å². The van der Waals surface area contributed by atoms with Crippen molar-refractivity contribution in [3.05, 3.63) is 60.7 Å². The molecule has 0 unspecified atom stereocenters. The van der Waals surface area contributed by atoms with Gasteiger partial charge in [0.05, 0.1) is 11.0 Å². The molecule has 0 atom stereocenters. The van der Waals surface area contributed by atoms with E-state index >= 15 is 0 Å². The summed E-state index contributed by atoms with van der Waals surface area (Å²) in [6.45, 7) is 1.50. The van der Waals surface area contributed by atoms with Crippen LogP contribution in [0.25, 0.3) is 28.1 Å². The van der Waals surface area contributed by atoms with Crippen molar-refractivity contribution < 1.29 is 4.79 Å². The van der Waals surface area contributed by atoms with E-state index in [-0.39, 0.29) is 11.8 Å². The van der Waals surface area contributed by atoms with Gasteiger partial charge < -0.3 is 15.2 Å². The normalized spacial score (nSPS) is 14.7. The van der Waals surface area contributed by atoms with E-state index in [4.69, 9.17) is 0 Å². The van der Waals surface area contributed by atoms with Crippen molar-refractivity contribution in [1.82, 2.24) is 35.2 Å². The Morgan fingerprint density at radius 1 is 1.03 bits per heavy atom. The highest BCUT2D eigenvalue weighted by Crippen LogP contribution is 2.25. The van der Waals surface area contributed by atoms with Gasteiger partial charge >= 0.3 is 0 Å². The van der Waals surface area contributed by atoms with Crippen LogP contribution in [0.15, 0.2) is 60.7 Å². The number of carbonyl (C=O) groups is 1. The number of anilines is 2. The fraction of sp³-hybridized carbons (Fsp3) is 0.217. The first kappa shape index (κ1) is 19.4. The Hall–Kier alpha value is -4.34. The number of imidazole rings is 1. The molecule has 0 bridgehead atoms. The van der Waals surface area contributed by atoms with E-state index < -0.39 is 0 Å². The van der Waals surface area contributed by atoms with Gasteiger partial charge in [0.2, 0.25) is 5.91 Å². The third kappa shape index (κ3) is 3.75. The molecular formula is C23H21N9O. The average Bonchev–Trinajstić information content (AvgIpc) is 3.51. The quantitative estimate of drug-likeness (QED) is 0.442. The molecule has 164 valence electrons. The Morgan fingerprint density at radius 3 is 2.73 bits per heavy atom. The summed E-state index contributed by atoms with van der Waals surface area (Å²) in [7, 11) is 0. The molecule has 33 heavy (non-hydrogen) atoms. The smallest absolute Gasteiger partial charge is 0.227 e. The number of benzene rings is 2. The van der Waals surface area contributed by atoms with Gasteiger partial charge in [-0.25, -0.2) is 4.98 Å². The van der Waals surface area contributed by atoms with Crippen LogP contribution in [0.2, 0.25) is 0 Å². The molecule has 1 amide bonds. The maximum Gasteiger partial charge on any atom is 0.227 e. The topological polar surface area (TPSA) is 117 Å².